The Hall–Kier alpha value is -3.02. The number of aromatic hydroxyl groups is 1. The largest absolute Gasteiger partial charge is 0.508 e. The summed E-state index contributed by atoms with van der Waals surface area (Å²) in [6.45, 7) is 4.98. The van der Waals surface area contributed by atoms with Crippen LogP contribution in [0.5, 0.6) is 17.2 Å². The van der Waals surface area contributed by atoms with Crippen molar-refractivity contribution in [3.05, 3.63) is 48.0 Å². The van der Waals surface area contributed by atoms with E-state index in [4.69, 9.17) is 14.3 Å². The van der Waals surface area contributed by atoms with Gasteiger partial charge in [-0.05, 0) is 53.6 Å². The summed E-state index contributed by atoms with van der Waals surface area (Å²) in [5.74, 6) is 0.661. The number of ether oxygens (including phenoxy) is 2. The molecule has 0 aromatic heterocycles. The first kappa shape index (κ1) is 24.6. The number of benzene rings is 2. The second-order valence-electron chi connectivity index (χ2n) is 8.14. The van der Waals surface area contributed by atoms with Crippen LogP contribution < -0.4 is 14.8 Å². The second-order valence-corrected chi connectivity index (χ2v) is 9.97. The molecule has 2 aromatic carbocycles. The highest BCUT2D eigenvalue weighted by atomic mass is 32.2. The van der Waals surface area contributed by atoms with Crippen molar-refractivity contribution in [1.82, 2.24) is 9.79 Å². The minimum atomic E-state index is -4.21. The highest BCUT2D eigenvalue weighted by Crippen LogP contribution is 2.34. The van der Waals surface area contributed by atoms with Crippen molar-refractivity contribution in [2.45, 2.75) is 44.2 Å². The molecule has 0 radical (unpaired) electrons. The number of nitrogens with one attached hydrogen (secondary N) is 1. The zero-order valence-corrected chi connectivity index (χ0v) is 19.4. The quantitative estimate of drug-likeness (QED) is 0.466. The molecule has 0 fully saturated rings. The summed E-state index contributed by atoms with van der Waals surface area (Å²) >= 11 is 0. The average molecular weight is 481 g/mol. The van der Waals surface area contributed by atoms with Crippen molar-refractivity contribution in [2.24, 2.45) is 5.92 Å². The molecule has 1 amide bonds. The number of carbonyl (C=O) groups excluding carboxylic acids is 1. The Morgan fingerprint density at radius 3 is 2.42 bits per heavy atom. The topological polar surface area (TPSA) is 135 Å². The number of hydroxylamine groups is 1. The van der Waals surface area contributed by atoms with Crippen LogP contribution in [0, 0.1) is 5.92 Å². The molecule has 0 spiro atoms. The molecule has 1 aliphatic rings. The fourth-order valence-corrected chi connectivity index (χ4v) is 4.53. The van der Waals surface area contributed by atoms with Crippen molar-refractivity contribution in [1.29, 1.82) is 0 Å². The van der Waals surface area contributed by atoms with Gasteiger partial charge in [0.15, 0.2) is 11.5 Å². The first-order valence-electron chi connectivity index (χ1n) is 10.4. The van der Waals surface area contributed by atoms with Crippen LogP contribution in [-0.2, 0) is 21.3 Å². The predicted molar refractivity (Wildman–Crippen MR) is 118 cm³/mol. The standard InChI is InChI=1S/C22H28N2O8S/c1-14(2)12-24(33(28,29)18-8-9-20-21(11-18)31-13-30-20)32-22(27)23-19(15(3)25)10-16-4-6-17(26)7-5-16/h4-9,11,14-15,19,25-26H,10,12-13H2,1-3H3,(H,23,27). The number of carbonyl (C=O) groups is 1. The molecule has 0 aliphatic carbocycles. The van der Waals surface area contributed by atoms with Crippen molar-refractivity contribution in [2.75, 3.05) is 13.3 Å². The van der Waals surface area contributed by atoms with Gasteiger partial charge >= 0.3 is 6.09 Å². The number of amides is 1. The zero-order valence-electron chi connectivity index (χ0n) is 18.6. The van der Waals surface area contributed by atoms with Crippen LogP contribution in [0.15, 0.2) is 47.4 Å². The first-order chi connectivity index (χ1) is 15.6. The number of phenols is 1. The summed E-state index contributed by atoms with van der Waals surface area (Å²) in [5.41, 5.74) is 0.756. The van der Waals surface area contributed by atoms with Crippen LogP contribution in [0.3, 0.4) is 0 Å². The maximum absolute atomic E-state index is 13.2. The molecule has 2 unspecified atom stereocenters. The third kappa shape index (κ3) is 6.28. The summed E-state index contributed by atoms with van der Waals surface area (Å²) in [4.78, 5) is 17.7. The Balaban J connectivity index is 1.75. The van der Waals surface area contributed by atoms with E-state index < -0.39 is 28.3 Å². The molecular formula is C22H28N2O8S. The fourth-order valence-electron chi connectivity index (χ4n) is 3.14. The molecule has 11 heteroatoms. The molecule has 3 N–H and O–H groups in total. The lowest BCUT2D eigenvalue weighted by molar-refractivity contribution is -0.0323. The first-order valence-corrected chi connectivity index (χ1v) is 11.9. The number of aliphatic hydroxyl groups excluding tert-OH is 1. The van der Waals surface area contributed by atoms with Crippen LogP contribution in [0.2, 0.25) is 0 Å². The van der Waals surface area contributed by atoms with E-state index in [2.05, 4.69) is 5.32 Å². The van der Waals surface area contributed by atoms with Gasteiger partial charge in [-0.25, -0.2) is 13.2 Å². The number of hydrogen-bond donors (Lipinski definition) is 3. The minimum Gasteiger partial charge on any atom is -0.508 e. The average Bonchev–Trinajstić information content (AvgIpc) is 3.22. The highest BCUT2D eigenvalue weighted by Gasteiger charge is 2.32. The molecule has 10 nitrogen and oxygen atoms in total. The lowest BCUT2D eigenvalue weighted by atomic mass is 10.0. The van der Waals surface area contributed by atoms with Gasteiger partial charge in [-0.1, -0.05) is 26.0 Å². The molecule has 1 aliphatic heterocycles. The van der Waals surface area contributed by atoms with E-state index in [1.165, 1.54) is 37.3 Å². The molecule has 0 bridgehead atoms. The highest BCUT2D eigenvalue weighted by molar-refractivity contribution is 7.89. The number of aliphatic hydroxyl groups is 1. The van der Waals surface area contributed by atoms with Crippen molar-refractivity contribution in [3.63, 3.8) is 0 Å². The number of phenolic OH excluding ortho intramolecular Hbond substituents is 1. The van der Waals surface area contributed by atoms with Gasteiger partial charge in [0.25, 0.3) is 10.0 Å². The number of fused-ring (bicyclic) bond motifs is 1. The third-order valence-electron chi connectivity index (χ3n) is 4.89. The SMILES string of the molecule is CC(C)CN(OC(=O)NC(Cc1ccc(O)cc1)C(C)O)S(=O)(=O)c1ccc2c(c1)OCO2. The molecule has 2 aromatic rings. The van der Waals surface area contributed by atoms with Crippen LogP contribution in [0.25, 0.3) is 0 Å². The van der Waals surface area contributed by atoms with E-state index in [0.717, 1.165) is 5.56 Å². The Bertz CT molecular complexity index is 1070. The molecule has 3 rings (SSSR count). The van der Waals surface area contributed by atoms with Crippen molar-refractivity contribution < 1.29 is 37.7 Å². The summed E-state index contributed by atoms with van der Waals surface area (Å²) in [6.07, 6.45) is -1.73. The summed E-state index contributed by atoms with van der Waals surface area (Å²) in [5, 5.41) is 22.1. The number of sulfonamides is 1. The van der Waals surface area contributed by atoms with Gasteiger partial charge in [-0.15, -0.1) is 0 Å². The molecule has 0 saturated heterocycles. The van der Waals surface area contributed by atoms with Gasteiger partial charge in [0.05, 0.1) is 23.6 Å². The van der Waals surface area contributed by atoms with Gasteiger partial charge in [0, 0.05) is 6.07 Å². The smallest absolute Gasteiger partial charge is 0.427 e. The zero-order chi connectivity index (χ0) is 24.2. The predicted octanol–water partition coefficient (Wildman–Crippen LogP) is 2.40. The minimum absolute atomic E-state index is 0.00475. The third-order valence-corrected chi connectivity index (χ3v) is 6.50. The van der Waals surface area contributed by atoms with E-state index in [9.17, 15) is 23.4 Å². The Morgan fingerprint density at radius 2 is 1.79 bits per heavy atom. The van der Waals surface area contributed by atoms with Crippen molar-refractivity contribution in [3.8, 4) is 17.2 Å². The Morgan fingerprint density at radius 1 is 1.12 bits per heavy atom. The fraction of sp³-hybridized carbons (Fsp3) is 0.409. The Labute approximate surface area is 192 Å². The van der Waals surface area contributed by atoms with Gasteiger partial charge < -0.3 is 29.8 Å². The van der Waals surface area contributed by atoms with Crippen LogP contribution in [0.1, 0.15) is 26.3 Å². The molecular weight excluding hydrogens is 452 g/mol. The maximum atomic E-state index is 13.2. The molecule has 1 heterocycles. The van der Waals surface area contributed by atoms with E-state index in [0.29, 0.717) is 10.2 Å². The molecule has 180 valence electrons. The summed E-state index contributed by atoms with van der Waals surface area (Å²) in [7, 11) is -4.21. The monoisotopic (exact) mass is 480 g/mol. The number of rotatable bonds is 9. The Kier molecular flexibility index (Phi) is 7.67. The normalized spacial score (nSPS) is 14.8. The maximum Gasteiger partial charge on any atom is 0.427 e. The van der Waals surface area contributed by atoms with Crippen LogP contribution in [-0.4, -0.2) is 54.7 Å². The van der Waals surface area contributed by atoms with Crippen molar-refractivity contribution >= 4 is 16.1 Å². The van der Waals surface area contributed by atoms with Crippen LogP contribution in [0.4, 0.5) is 4.79 Å². The van der Waals surface area contributed by atoms with E-state index >= 15 is 0 Å². The van der Waals surface area contributed by atoms with E-state index in [1.807, 2.05) is 0 Å². The second kappa shape index (κ2) is 10.3. The molecule has 33 heavy (non-hydrogen) atoms. The summed E-state index contributed by atoms with van der Waals surface area (Å²) < 4.78 is 37.5. The van der Waals surface area contributed by atoms with Gasteiger partial charge in [0.2, 0.25) is 6.79 Å². The lowest BCUT2D eigenvalue weighted by Gasteiger charge is -2.25. The van der Waals surface area contributed by atoms with E-state index in [1.54, 1.807) is 26.0 Å². The van der Waals surface area contributed by atoms with Gasteiger partial charge in [0.1, 0.15) is 5.75 Å². The molecule has 0 saturated carbocycles. The lowest BCUT2D eigenvalue weighted by Crippen LogP contribution is -2.47. The molecule has 2 atom stereocenters. The van der Waals surface area contributed by atoms with Gasteiger partial charge in [-0.2, -0.15) is 0 Å². The van der Waals surface area contributed by atoms with Gasteiger partial charge in [-0.3, -0.25) is 0 Å². The van der Waals surface area contributed by atoms with Crippen LogP contribution >= 0.6 is 0 Å². The number of nitrogens with zero attached hydrogens (tertiary/aromatic N) is 1. The summed E-state index contributed by atoms with van der Waals surface area (Å²) in [6, 6.07) is 9.70. The number of hydrogen-bond acceptors (Lipinski definition) is 8. The van der Waals surface area contributed by atoms with E-state index in [-0.39, 0.29) is 42.1 Å².